The van der Waals surface area contributed by atoms with Crippen LogP contribution in [-0.2, 0) is 0 Å². The van der Waals surface area contributed by atoms with Crippen molar-refractivity contribution in [3.8, 4) is 0 Å². The van der Waals surface area contributed by atoms with Crippen molar-refractivity contribution in [3.63, 3.8) is 0 Å². The summed E-state index contributed by atoms with van der Waals surface area (Å²) in [7, 11) is 0. The maximum Gasteiger partial charge on any atom is 0.302 e. The normalized spacial score (nSPS) is 7.91. The molecule has 0 bridgehead atoms. The molecule has 6 N–H and O–H groups in total. The molecular weight excluding hydrogens is 417 g/mol. The molecule has 123 valence electrons. The molecular formula is C15H30O6Pr+6. The fourth-order valence-corrected chi connectivity index (χ4v) is 1.11. The number of hydrogen-bond donors (Lipinski definition) is 0. The van der Waals surface area contributed by atoms with Gasteiger partial charge >= 0.3 is 34.7 Å². The van der Waals surface area contributed by atoms with Crippen LogP contribution < -0.4 is 0 Å². The minimum atomic E-state index is 0. The molecule has 0 aliphatic rings. The standard InChI is InChI=1S/3C5H8O2.Pr/c3*1-4(6)3-5(2)7;/h3*3H2,1-2H3;/p+6. The first-order chi connectivity index (χ1) is 9.38. The van der Waals surface area contributed by atoms with Crippen LogP contribution in [-0.4, -0.2) is 63.5 Å². The van der Waals surface area contributed by atoms with Crippen molar-refractivity contribution in [1.29, 1.82) is 0 Å². The van der Waals surface area contributed by atoms with Gasteiger partial charge in [-0.3, -0.25) is 28.8 Å². The summed E-state index contributed by atoms with van der Waals surface area (Å²) in [5, 5.41) is 0. The van der Waals surface area contributed by atoms with E-state index in [9.17, 15) is 0 Å². The molecule has 0 heterocycles. The monoisotopic (exact) mass is 447 g/mol. The van der Waals surface area contributed by atoms with Gasteiger partial charge in [0.05, 0.1) is 0 Å². The van der Waals surface area contributed by atoms with Crippen LogP contribution in [0.25, 0.3) is 0 Å². The van der Waals surface area contributed by atoms with Crippen molar-refractivity contribution >= 4 is 34.7 Å². The molecule has 0 aromatic rings. The summed E-state index contributed by atoms with van der Waals surface area (Å²) in [5.74, 6) is 1.50. The zero-order valence-corrected chi connectivity index (χ0v) is 18.1. The summed E-state index contributed by atoms with van der Waals surface area (Å²) in [4.78, 5) is 50.8. The third kappa shape index (κ3) is 50.6. The fourth-order valence-electron chi connectivity index (χ4n) is 1.11. The number of rotatable bonds is 6. The molecule has 6 nitrogen and oxygen atoms in total. The second-order valence-corrected chi connectivity index (χ2v) is 4.94. The fraction of sp³-hybridized carbons (Fsp3) is 0.600. The van der Waals surface area contributed by atoms with E-state index in [1.807, 2.05) is 0 Å². The number of ketones is 6. The molecule has 0 saturated heterocycles. The summed E-state index contributed by atoms with van der Waals surface area (Å²) >= 11 is 0. The van der Waals surface area contributed by atoms with E-state index in [4.69, 9.17) is 28.8 Å². The van der Waals surface area contributed by atoms with Gasteiger partial charge in [-0.1, -0.05) is 0 Å². The van der Waals surface area contributed by atoms with Crippen LogP contribution in [0.5, 0.6) is 0 Å². The number of hydrogen-bond acceptors (Lipinski definition) is 0. The third-order valence-electron chi connectivity index (χ3n) is 1.54. The van der Waals surface area contributed by atoms with Crippen LogP contribution in [0, 0.1) is 41.3 Å². The SMILES string of the molecule is CC(=[OH+])CC(C)=[OH+].CC(=[OH+])CC(C)=[OH+].CC(=[OH+])CC(C)=[OH+].[Pr]. The molecule has 0 atom stereocenters. The Morgan fingerprint density at radius 3 is 0.500 bits per heavy atom. The van der Waals surface area contributed by atoms with Crippen LogP contribution in [0.4, 0.5) is 0 Å². The van der Waals surface area contributed by atoms with E-state index < -0.39 is 0 Å². The molecule has 0 aromatic carbocycles. The number of carbonyl (C=O) groups excluding carboxylic acids is 6. The Bertz CT molecular complexity index is 314. The van der Waals surface area contributed by atoms with Crippen LogP contribution in [0.15, 0.2) is 0 Å². The van der Waals surface area contributed by atoms with Gasteiger partial charge < -0.3 is 0 Å². The minimum Gasteiger partial charge on any atom is -0.283 e. The summed E-state index contributed by atoms with van der Waals surface area (Å²) in [6.45, 7) is 9.33. The first kappa shape index (κ1) is 29.4. The molecule has 0 unspecified atom stereocenters. The Hall–Kier alpha value is -0.616. The van der Waals surface area contributed by atoms with Gasteiger partial charge in [0.15, 0.2) is 19.3 Å². The van der Waals surface area contributed by atoms with E-state index in [0.29, 0.717) is 19.3 Å². The molecule has 0 amide bonds. The van der Waals surface area contributed by atoms with E-state index in [2.05, 4.69) is 0 Å². The molecule has 0 spiro atoms. The van der Waals surface area contributed by atoms with Crippen molar-refractivity contribution in [2.45, 2.75) is 60.8 Å². The van der Waals surface area contributed by atoms with Gasteiger partial charge in [0.1, 0.15) is 0 Å². The van der Waals surface area contributed by atoms with Crippen molar-refractivity contribution in [1.82, 2.24) is 0 Å². The molecule has 0 aliphatic heterocycles. The minimum absolute atomic E-state index is 0. The van der Waals surface area contributed by atoms with Crippen LogP contribution in [0.3, 0.4) is 0 Å². The summed E-state index contributed by atoms with van der Waals surface area (Å²) in [6.07, 6.45) is 0.917. The largest absolute Gasteiger partial charge is 0.302 e. The first-order valence-corrected chi connectivity index (χ1v) is 6.46. The third-order valence-corrected chi connectivity index (χ3v) is 1.54. The van der Waals surface area contributed by atoms with Gasteiger partial charge in [0.25, 0.3) is 0 Å². The van der Waals surface area contributed by atoms with Crippen molar-refractivity contribution in [2.24, 2.45) is 0 Å². The zero-order valence-electron chi connectivity index (χ0n) is 14.4. The molecule has 0 fully saturated rings. The Balaban J connectivity index is -0.000000108. The molecule has 0 saturated carbocycles. The van der Waals surface area contributed by atoms with Crippen LogP contribution >= 0.6 is 0 Å². The molecule has 0 aliphatic carbocycles. The quantitative estimate of drug-likeness (QED) is 0.432. The van der Waals surface area contributed by atoms with Crippen molar-refractivity contribution < 1.29 is 70.1 Å². The molecule has 0 aromatic heterocycles. The maximum absolute atomic E-state index is 8.46. The summed E-state index contributed by atoms with van der Waals surface area (Å²) < 4.78 is 0. The predicted octanol–water partition coefficient (Wildman–Crippen LogP) is 1.52. The van der Waals surface area contributed by atoms with Gasteiger partial charge in [0.2, 0.25) is 0 Å². The summed E-state index contributed by atoms with van der Waals surface area (Å²) in [5.41, 5.74) is 0. The predicted molar refractivity (Wildman–Crippen MR) is 89.6 cm³/mol. The smallest absolute Gasteiger partial charge is 0.283 e. The Kier molecular flexibility index (Phi) is 24.6. The van der Waals surface area contributed by atoms with Crippen molar-refractivity contribution in [2.75, 3.05) is 0 Å². The average molecular weight is 447 g/mol. The zero-order chi connectivity index (χ0) is 17.6. The molecule has 0 rings (SSSR count). The van der Waals surface area contributed by atoms with Gasteiger partial charge in [-0.25, -0.2) is 0 Å². The summed E-state index contributed by atoms with van der Waals surface area (Å²) in [6, 6.07) is 0. The second kappa shape index (κ2) is 18.4. The van der Waals surface area contributed by atoms with Gasteiger partial charge in [0, 0.05) is 82.8 Å². The first-order valence-electron chi connectivity index (χ1n) is 6.46. The topological polar surface area (TPSA) is 128 Å². The van der Waals surface area contributed by atoms with Gasteiger partial charge in [-0.05, 0) is 0 Å². The Labute approximate surface area is 164 Å². The van der Waals surface area contributed by atoms with Gasteiger partial charge in [-0.15, -0.1) is 0 Å². The van der Waals surface area contributed by atoms with Crippen LogP contribution in [0.2, 0.25) is 0 Å². The van der Waals surface area contributed by atoms with Crippen LogP contribution in [0.1, 0.15) is 60.8 Å². The van der Waals surface area contributed by atoms with E-state index in [0.717, 1.165) is 0 Å². The second-order valence-electron chi connectivity index (χ2n) is 4.94. The van der Waals surface area contributed by atoms with E-state index in [-0.39, 0.29) is 76.0 Å². The molecule has 1 radical (unpaired) electrons. The Morgan fingerprint density at radius 1 is 0.409 bits per heavy atom. The Morgan fingerprint density at radius 2 is 0.500 bits per heavy atom. The van der Waals surface area contributed by atoms with Gasteiger partial charge in [-0.2, -0.15) is 0 Å². The van der Waals surface area contributed by atoms with E-state index >= 15 is 0 Å². The van der Waals surface area contributed by atoms with E-state index in [1.54, 1.807) is 41.5 Å². The molecule has 22 heavy (non-hydrogen) atoms. The average Bonchev–Trinajstić information content (AvgIpc) is 2.10. The van der Waals surface area contributed by atoms with E-state index in [1.165, 1.54) is 0 Å². The molecule has 7 heteroatoms. The maximum atomic E-state index is 8.46. The van der Waals surface area contributed by atoms with Crippen molar-refractivity contribution in [3.05, 3.63) is 0 Å².